The van der Waals surface area contributed by atoms with E-state index in [1.54, 1.807) is 0 Å². The Labute approximate surface area is 81.7 Å². The molecule has 0 radical (unpaired) electrons. The molecule has 1 rings (SSSR count). The number of rotatable bonds is 4. The average molecular weight is 189 g/mol. The minimum atomic E-state index is 0.371. The quantitative estimate of drug-likeness (QED) is 0.580. The molecule has 0 amide bonds. The summed E-state index contributed by atoms with van der Waals surface area (Å²) in [6, 6.07) is 0. The van der Waals surface area contributed by atoms with Crippen LogP contribution in [-0.2, 0) is 0 Å². The van der Waals surface area contributed by atoms with Crippen LogP contribution in [0.2, 0.25) is 0 Å². The van der Waals surface area contributed by atoms with Crippen LogP contribution in [-0.4, -0.2) is 5.38 Å². The first-order chi connectivity index (χ1) is 5.74. The van der Waals surface area contributed by atoms with Crippen LogP contribution in [0.4, 0.5) is 0 Å². The van der Waals surface area contributed by atoms with Crippen molar-refractivity contribution < 1.29 is 0 Å². The molecular formula is C11H21Cl. The van der Waals surface area contributed by atoms with Gasteiger partial charge in [-0.15, -0.1) is 11.6 Å². The largest absolute Gasteiger partial charge is 0.123 e. The van der Waals surface area contributed by atoms with E-state index in [1.807, 2.05) is 0 Å². The first-order valence-electron chi connectivity index (χ1n) is 5.38. The van der Waals surface area contributed by atoms with Gasteiger partial charge in [0.2, 0.25) is 0 Å². The number of hydrogen-bond donors (Lipinski definition) is 0. The Bertz CT molecular complexity index is 114. The topological polar surface area (TPSA) is 0 Å². The summed E-state index contributed by atoms with van der Waals surface area (Å²) in [7, 11) is 0. The molecule has 2 atom stereocenters. The van der Waals surface area contributed by atoms with E-state index in [0.29, 0.717) is 5.38 Å². The molecule has 1 saturated carbocycles. The third kappa shape index (κ3) is 2.97. The standard InChI is InChI=1S/C11H21Cl/c1-3-11(9(2)12)8-10-6-4-5-7-10/h9-11H,3-8H2,1-2H3. The van der Waals surface area contributed by atoms with Gasteiger partial charge in [-0.1, -0.05) is 39.0 Å². The molecule has 1 heteroatoms. The van der Waals surface area contributed by atoms with Gasteiger partial charge in [0, 0.05) is 5.38 Å². The van der Waals surface area contributed by atoms with Gasteiger partial charge in [-0.25, -0.2) is 0 Å². The highest BCUT2D eigenvalue weighted by Crippen LogP contribution is 2.33. The maximum Gasteiger partial charge on any atom is 0.0336 e. The Balaban J connectivity index is 2.26. The van der Waals surface area contributed by atoms with Gasteiger partial charge in [0.15, 0.2) is 0 Å². The van der Waals surface area contributed by atoms with E-state index in [0.717, 1.165) is 11.8 Å². The lowest BCUT2D eigenvalue weighted by molar-refractivity contribution is 0.362. The molecule has 0 aromatic carbocycles. The summed E-state index contributed by atoms with van der Waals surface area (Å²) >= 11 is 6.12. The highest BCUT2D eigenvalue weighted by atomic mass is 35.5. The number of halogens is 1. The van der Waals surface area contributed by atoms with Gasteiger partial charge >= 0.3 is 0 Å². The normalized spacial score (nSPS) is 24.2. The second-order valence-electron chi connectivity index (χ2n) is 4.23. The van der Waals surface area contributed by atoms with E-state index in [2.05, 4.69) is 13.8 Å². The molecule has 1 aliphatic rings. The summed E-state index contributed by atoms with van der Waals surface area (Å²) in [6.45, 7) is 4.41. The molecule has 0 heterocycles. The number of hydrogen-bond acceptors (Lipinski definition) is 0. The van der Waals surface area contributed by atoms with E-state index < -0.39 is 0 Å². The molecule has 0 saturated heterocycles. The minimum absolute atomic E-state index is 0.371. The molecule has 0 spiro atoms. The van der Waals surface area contributed by atoms with Gasteiger partial charge in [-0.3, -0.25) is 0 Å². The van der Waals surface area contributed by atoms with Crippen molar-refractivity contribution in [3.63, 3.8) is 0 Å². The fraction of sp³-hybridized carbons (Fsp3) is 1.00. The van der Waals surface area contributed by atoms with E-state index in [4.69, 9.17) is 11.6 Å². The van der Waals surface area contributed by atoms with Gasteiger partial charge in [-0.2, -0.15) is 0 Å². The molecule has 72 valence electrons. The molecule has 2 unspecified atom stereocenters. The minimum Gasteiger partial charge on any atom is -0.123 e. The van der Waals surface area contributed by atoms with Gasteiger partial charge in [0.25, 0.3) is 0 Å². The Morgan fingerprint density at radius 2 is 1.92 bits per heavy atom. The molecule has 0 bridgehead atoms. The van der Waals surface area contributed by atoms with Crippen molar-refractivity contribution in [2.75, 3.05) is 0 Å². The van der Waals surface area contributed by atoms with Crippen LogP contribution in [0, 0.1) is 11.8 Å². The average Bonchev–Trinajstić information content (AvgIpc) is 2.51. The fourth-order valence-corrected chi connectivity index (χ4v) is 2.63. The monoisotopic (exact) mass is 188 g/mol. The van der Waals surface area contributed by atoms with Gasteiger partial charge in [0.05, 0.1) is 0 Å². The summed E-state index contributed by atoms with van der Waals surface area (Å²) in [5, 5.41) is 0.371. The van der Waals surface area contributed by atoms with Crippen molar-refractivity contribution in [1.29, 1.82) is 0 Å². The molecule has 0 N–H and O–H groups in total. The van der Waals surface area contributed by atoms with Crippen molar-refractivity contribution in [3.05, 3.63) is 0 Å². The highest BCUT2D eigenvalue weighted by Gasteiger charge is 2.21. The second kappa shape index (κ2) is 5.11. The maximum absolute atomic E-state index is 6.12. The zero-order valence-corrected chi connectivity index (χ0v) is 9.11. The van der Waals surface area contributed by atoms with Crippen molar-refractivity contribution >= 4 is 11.6 Å². The first-order valence-corrected chi connectivity index (χ1v) is 5.81. The molecule has 0 aliphatic heterocycles. The van der Waals surface area contributed by atoms with E-state index >= 15 is 0 Å². The molecule has 0 aromatic rings. The van der Waals surface area contributed by atoms with Crippen LogP contribution in [0.1, 0.15) is 52.4 Å². The van der Waals surface area contributed by atoms with Crippen LogP contribution in [0.15, 0.2) is 0 Å². The fourth-order valence-electron chi connectivity index (χ4n) is 2.35. The Kier molecular flexibility index (Phi) is 4.42. The molecule has 0 nitrogen and oxygen atoms in total. The Morgan fingerprint density at radius 1 is 1.33 bits per heavy atom. The molecular weight excluding hydrogens is 168 g/mol. The van der Waals surface area contributed by atoms with Gasteiger partial charge in [-0.05, 0) is 25.2 Å². The Morgan fingerprint density at radius 3 is 2.33 bits per heavy atom. The molecule has 12 heavy (non-hydrogen) atoms. The lowest BCUT2D eigenvalue weighted by atomic mass is 9.89. The lowest BCUT2D eigenvalue weighted by Crippen LogP contribution is -2.14. The van der Waals surface area contributed by atoms with Crippen molar-refractivity contribution in [3.8, 4) is 0 Å². The summed E-state index contributed by atoms with van der Waals surface area (Å²) in [4.78, 5) is 0. The van der Waals surface area contributed by atoms with E-state index in [1.165, 1.54) is 38.5 Å². The van der Waals surface area contributed by atoms with Gasteiger partial charge in [0.1, 0.15) is 0 Å². The third-order valence-electron chi connectivity index (χ3n) is 3.28. The molecule has 1 aliphatic carbocycles. The Hall–Kier alpha value is 0.290. The van der Waals surface area contributed by atoms with Crippen LogP contribution >= 0.6 is 11.6 Å². The zero-order chi connectivity index (χ0) is 8.97. The summed E-state index contributed by atoms with van der Waals surface area (Å²) in [5.74, 6) is 1.76. The lowest BCUT2D eigenvalue weighted by Gasteiger charge is -2.20. The van der Waals surface area contributed by atoms with Gasteiger partial charge < -0.3 is 0 Å². The summed E-state index contributed by atoms with van der Waals surface area (Å²) in [5.41, 5.74) is 0. The number of alkyl halides is 1. The van der Waals surface area contributed by atoms with E-state index in [9.17, 15) is 0 Å². The first kappa shape index (κ1) is 10.4. The van der Waals surface area contributed by atoms with Crippen molar-refractivity contribution in [2.45, 2.75) is 57.7 Å². The van der Waals surface area contributed by atoms with Crippen LogP contribution in [0.25, 0.3) is 0 Å². The van der Waals surface area contributed by atoms with Crippen LogP contribution < -0.4 is 0 Å². The van der Waals surface area contributed by atoms with E-state index in [-0.39, 0.29) is 0 Å². The zero-order valence-electron chi connectivity index (χ0n) is 8.35. The molecule has 0 aromatic heterocycles. The SMILES string of the molecule is CCC(CC1CCCC1)C(C)Cl. The predicted molar refractivity (Wildman–Crippen MR) is 55.7 cm³/mol. The summed E-state index contributed by atoms with van der Waals surface area (Å²) in [6.07, 6.45) is 8.46. The highest BCUT2D eigenvalue weighted by molar-refractivity contribution is 6.20. The maximum atomic E-state index is 6.12. The second-order valence-corrected chi connectivity index (χ2v) is 4.92. The molecule has 1 fully saturated rings. The van der Waals surface area contributed by atoms with Crippen molar-refractivity contribution in [2.24, 2.45) is 11.8 Å². The third-order valence-corrected chi connectivity index (χ3v) is 3.64. The van der Waals surface area contributed by atoms with Crippen LogP contribution in [0.3, 0.4) is 0 Å². The summed E-state index contributed by atoms with van der Waals surface area (Å²) < 4.78 is 0. The smallest absolute Gasteiger partial charge is 0.0336 e. The predicted octanol–water partition coefficient (Wildman–Crippen LogP) is 4.22. The van der Waals surface area contributed by atoms with Crippen molar-refractivity contribution in [1.82, 2.24) is 0 Å². The van der Waals surface area contributed by atoms with Crippen LogP contribution in [0.5, 0.6) is 0 Å².